The molecule has 0 aliphatic rings. The van der Waals surface area contributed by atoms with Crippen LogP contribution < -0.4 is 11.0 Å². The van der Waals surface area contributed by atoms with Crippen molar-refractivity contribution in [1.29, 1.82) is 0 Å². The maximum absolute atomic E-state index is 10.9. The van der Waals surface area contributed by atoms with Gasteiger partial charge in [0.05, 0.1) is 6.42 Å². The molecule has 88 valence electrons. The predicted octanol–water partition coefficient (Wildman–Crippen LogP) is -1.13. The van der Waals surface area contributed by atoms with E-state index in [9.17, 15) is 14.7 Å². The minimum absolute atomic E-state index is 0.417. The monoisotopic (exact) mass is 220 g/mol. The lowest BCUT2D eigenvalue weighted by Crippen LogP contribution is -2.32. The van der Waals surface area contributed by atoms with E-state index in [1.807, 2.05) is 0 Å². The Bertz CT molecular complexity index is 209. The number of nitrogens with one attached hydrogen (secondary N) is 2. The van der Waals surface area contributed by atoms with Crippen LogP contribution in [0.1, 0.15) is 20.3 Å². The van der Waals surface area contributed by atoms with Crippen LogP contribution in [0.3, 0.4) is 0 Å². The van der Waals surface area contributed by atoms with E-state index in [2.05, 4.69) is 20.6 Å². The zero-order chi connectivity index (χ0) is 11.7. The molecular weight excluding hydrogens is 204 g/mol. The molecule has 1 unspecified atom stereocenters. The van der Waals surface area contributed by atoms with Crippen LogP contribution in [-0.4, -0.2) is 36.2 Å². The van der Waals surface area contributed by atoms with Gasteiger partial charge in [0.25, 0.3) is 0 Å². The molecule has 0 aromatic carbocycles. The van der Waals surface area contributed by atoms with Crippen molar-refractivity contribution in [2.24, 2.45) is 0 Å². The van der Waals surface area contributed by atoms with E-state index >= 15 is 0 Å². The number of carbonyl (C=O) groups excluding carboxylic acids is 2. The normalized spacial score (nSPS) is 11.9. The molecule has 0 radical (unpaired) electrons. The lowest BCUT2D eigenvalue weighted by atomic mass is 10.3. The minimum atomic E-state index is -1.52. The van der Waals surface area contributed by atoms with E-state index in [1.54, 1.807) is 13.8 Å². The molecule has 7 nitrogen and oxygen atoms in total. The van der Waals surface area contributed by atoms with Gasteiger partial charge < -0.3 is 14.8 Å². The molecule has 1 atom stereocenters. The number of carbonyl (C=O) groups is 2. The van der Waals surface area contributed by atoms with Crippen LogP contribution in [0.5, 0.6) is 0 Å². The first-order valence-electron chi connectivity index (χ1n) is 4.65. The second kappa shape index (κ2) is 8.16. The Kier molecular flexibility index (Phi) is 7.51. The van der Waals surface area contributed by atoms with Gasteiger partial charge in [-0.05, 0) is 13.8 Å². The van der Waals surface area contributed by atoms with E-state index < -0.39 is 24.5 Å². The molecule has 0 spiro atoms. The summed E-state index contributed by atoms with van der Waals surface area (Å²) < 4.78 is 0. The van der Waals surface area contributed by atoms with Crippen molar-refractivity contribution < 1.29 is 24.4 Å². The maximum Gasteiger partial charge on any atom is 0.354 e. The molecule has 0 saturated carbocycles. The first-order chi connectivity index (χ1) is 7.11. The van der Waals surface area contributed by atoms with Gasteiger partial charge in [0.15, 0.2) is 6.10 Å². The summed E-state index contributed by atoms with van der Waals surface area (Å²) in [6.07, 6.45) is -1.97. The highest BCUT2D eigenvalue weighted by atomic mass is 16.7. The maximum atomic E-state index is 10.9. The van der Waals surface area contributed by atoms with Crippen molar-refractivity contribution in [3.63, 3.8) is 0 Å². The van der Waals surface area contributed by atoms with Crippen molar-refractivity contribution in [1.82, 2.24) is 11.0 Å². The van der Waals surface area contributed by atoms with Gasteiger partial charge in [0, 0.05) is 13.1 Å². The van der Waals surface area contributed by atoms with Crippen LogP contribution in [0, 0.1) is 0 Å². The van der Waals surface area contributed by atoms with E-state index in [0.717, 1.165) is 0 Å². The largest absolute Gasteiger partial charge is 0.381 e. The highest BCUT2D eigenvalue weighted by molar-refractivity contribution is 5.81. The fourth-order valence-corrected chi connectivity index (χ4v) is 0.647. The summed E-state index contributed by atoms with van der Waals surface area (Å²) in [6, 6.07) is 0. The molecule has 3 N–H and O–H groups in total. The Morgan fingerprint density at radius 2 is 1.73 bits per heavy atom. The van der Waals surface area contributed by atoms with E-state index in [-0.39, 0.29) is 0 Å². The quantitative estimate of drug-likeness (QED) is 0.467. The Morgan fingerprint density at radius 1 is 1.20 bits per heavy atom. The van der Waals surface area contributed by atoms with Crippen LogP contribution >= 0.6 is 0 Å². The molecule has 0 bridgehead atoms. The average Bonchev–Trinajstić information content (AvgIpc) is 2.22. The van der Waals surface area contributed by atoms with E-state index in [1.165, 1.54) is 0 Å². The van der Waals surface area contributed by atoms with Gasteiger partial charge in [-0.15, -0.1) is 0 Å². The fourth-order valence-electron chi connectivity index (χ4n) is 0.647. The van der Waals surface area contributed by atoms with E-state index in [0.29, 0.717) is 13.1 Å². The van der Waals surface area contributed by atoms with Crippen LogP contribution in [-0.2, 0) is 19.3 Å². The van der Waals surface area contributed by atoms with Gasteiger partial charge in [0.1, 0.15) is 0 Å². The lowest BCUT2D eigenvalue weighted by molar-refractivity contribution is -0.167. The smallest absolute Gasteiger partial charge is 0.354 e. The molecule has 0 aliphatic carbocycles. The number of hydrogen-bond acceptors (Lipinski definition) is 7. The summed E-state index contributed by atoms with van der Waals surface area (Å²) in [6.45, 7) is 4.33. The van der Waals surface area contributed by atoms with Crippen LogP contribution in [0.15, 0.2) is 0 Å². The highest BCUT2D eigenvalue weighted by Crippen LogP contribution is 1.95. The number of aliphatic hydroxyl groups is 1. The molecule has 0 amide bonds. The van der Waals surface area contributed by atoms with Crippen molar-refractivity contribution in [2.75, 3.05) is 13.1 Å². The number of rotatable bonds is 7. The van der Waals surface area contributed by atoms with Crippen molar-refractivity contribution >= 4 is 11.9 Å². The molecule has 0 rings (SSSR count). The SMILES string of the molecule is CCNOC(=O)CC(O)C(=O)ONCC. The zero-order valence-corrected chi connectivity index (χ0v) is 8.78. The van der Waals surface area contributed by atoms with Gasteiger partial charge in [-0.25, -0.2) is 4.79 Å². The summed E-state index contributed by atoms with van der Waals surface area (Å²) in [5, 5.41) is 9.17. The number of aliphatic hydroxyl groups excluding tert-OH is 1. The average molecular weight is 220 g/mol. The fraction of sp³-hybridized carbons (Fsp3) is 0.750. The zero-order valence-electron chi connectivity index (χ0n) is 8.78. The van der Waals surface area contributed by atoms with Crippen molar-refractivity contribution in [3.8, 4) is 0 Å². The third-order valence-corrected chi connectivity index (χ3v) is 1.28. The predicted molar refractivity (Wildman–Crippen MR) is 50.2 cm³/mol. The topological polar surface area (TPSA) is 96.9 Å². The van der Waals surface area contributed by atoms with Crippen LogP contribution in [0.25, 0.3) is 0 Å². The Labute approximate surface area is 87.6 Å². The highest BCUT2D eigenvalue weighted by Gasteiger charge is 2.21. The Balaban J connectivity index is 3.75. The minimum Gasteiger partial charge on any atom is -0.381 e. The Hall–Kier alpha value is -1.18. The molecule has 7 heteroatoms. The summed E-state index contributed by atoms with van der Waals surface area (Å²) >= 11 is 0. The van der Waals surface area contributed by atoms with Gasteiger partial charge in [0.2, 0.25) is 0 Å². The van der Waals surface area contributed by atoms with Crippen molar-refractivity contribution in [2.45, 2.75) is 26.4 Å². The lowest BCUT2D eigenvalue weighted by Gasteiger charge is -2.09. The van der Waals surface area contributed by atoms with Gasteiger partial charge in [-0.1, -0.05) is 0 Å². The van der Waals surface area contributed by atoms with Gasteiger partial charge >= 0.3 is 11.9 Å². The summed E-state index contributed by atoms with van der Waals surface area (Å²) in [7, 11) is 0. The summed E-state index contributed by atoms with van der Waals surface area (Å²) in [5.41, 5.74) is 4.58. The van der Waals surface area contributed by atoms with Gasteiger partial charge in [-0.3, -0.25) is 4.79 Å². The second-order valence-corrected chi connectivity index (χ2v) is 2.61. The van der Waals surface area contributed by atoms with Crippen molar-refractivity contribution in [3.05, 3.63) is 0 Å². The number of hydroxylamine groups is 2. The second-order valence-electron chi connectivity index (χ2n) is 2.61. The molecule has 0 heterocycles. The number of hydrogen-bond donors (Lipinski definition) is 3. The molecule has 0 aliphatic heterocycles. The third-order valence-electron chi connectivity index (χ3n) is 1.28. The first kappa shape index (κ1) is 13.8. The molecule has 0 saturated heterocycles. The first-order valence-corrected chi connectivity index (χ1v) is 4.65. The molecular formula is C8H16N2O5. The Morgan fingerprint density at radius 3 is 2.27 bits per heavy atom. The molecule has 15 heavy (non-hydrogen) atoms. The standard InChI is InChI=1S/C8H16N2O5/c1-3-9-14-7(12)5-6(11)8(13)15-10-4-2/h6,9-11H,3-5H2,1-2H3. The van der Waals surface area contributed by atoms with Crippen LogP contribution in [0.2, 0.25) is 0 Å². The summed E-state index contributed by atoms with van der Waals surface area (Å²) in [5.74, 6) is -1.64. The molecule has 0 aromatic heterocycles. The third kappa shape index (κ3) is 6.83. The molecule has 0 aromatic rings. The molecule has 0 fully saturated rings. The van der Waals surface area contributed by atoms with Crippen LogP contribution in [0.4, 0.5) is 0 Å². The summed E-state index contributed by atoms with van der Waals surface area (Å²) in [4.78, 5) is 30.7. The van der Waals surface area contributed by atoms with E-state index in [4.69, 9.17) is 0 Å². The van der Waals surface area contributed by atoms with Gasteiger partial charge in [-0.2, -0.15) is 11.0 Å².